The highest BCUT2D eigenvalue weighted by Crippen LogP contribution is 2.40. The molecule has 46 heavy (non-hydrogen) atoms. The first-order chi connectivity index (χ1) is 21.8. The minimum absolute atomic E-state index is 0.0281. The zero-order valence-corrected chi connectivity index (χ0v) is 27.7. The minimum atomic E-state index is -4.46. The summed E-state index contributed by atoms with van der Waals surface area (Å²) < 4.78 is 80.0. The average Bonchev–Trinajstić information content (AvgIpc) is 3.32. The molecule has 0 aliphatic carbocycles. The molecular weight excluding hydrogens is 645 g/mol. The number of nitrogens with zero attached hydrogens (tertiary/aromatic N) is 1. The summed E-state index contributed by atoms with van der Waals surface area (Å²) in [6.07, 6.45) is -7.13. The normalized spacial score (nSPS) is 18.2. The molecule has 2 heterocycles. The molecule has 252 valence electrons. The van der Waals surface area contributed by atoms with E-state index in [2.05, 4.69) is 22.5 Å². The van der Waals surface area contributed by atoms with E-state index in [1.165, 1.54) is 7.11 Å². The fourth-order valence-electron chi connectivity index (χ4n) is 5.33. The standard InChI is InChI=1S/C32H40F4N3O5PS/c1-43-20-21(41)18-39-13-11-26(25(33)19-39)38-28-7-4-6-23-24(17-32(34,35)36)30(46-31(23)28)8-5-12-37-27-10-9-22(45(2,3)42)16-29(27)44-15-14-40/h4,6-7,9-10,16,21,25-26,37-38,40-41H,11-15,17-20H2,1-3H3. The smallest absolute Gasteiger partial charge is 0.393 e. The van der Waals surface area contributed by atoms with E-state index in [1.807, 2.05) is 4.90 Å². The molecule has 8 nitrogen and oxygen atoms in total. The third-order valence-electron chi connectivity index (χ3n) is 7.50. The zero-order chi connectivity index (χ0) is 33.5. The van der Waals surface area contributed by atoms with Crippen molar-refractivity contribution in [2.24, 2.45) is 0 Å². The lowest BCUT2D eigenvalue weighted by molar-refractivity contribution is -0.126. The van der Waals surface area contributed by atoms with Crippen LogP contribution in [0.25, 0.3) is 10.1 Å². The Hall–Kier alpha value is -2.85. The summed E-state index contributed by atoms with van der Waals surface area (Å²) in [5.74, 6) is 6.20. The molecule has 3 aromatic rings. The van der Waals surface area contributed by atoms with Crippen LogP contribution < -0.4 is 20.7 Å². The second-order valence-corrected chi connectivity index (χ2v) is 15.8. The van der Waals surface area contributed by atoms with Crippen LogP contribution in [0.4, 0.5) is 28.9 Å². The number of β-amino-alcohol motifs (C(OH)–C–C–N with tert-alkyl or cyclic N) is 1. The first-order valence-corrected chi connectivity index (χ1v) is 18.3. The van der Waals surface area contributed by atoms with Crippen molar-refractivity contribution in [3.05, 3.63) is 46.8 Å². The van der Waals surface area contributed by atoms with Gasteiger partial charge < -0.3 is 34.9 Å². The first kappa shape index (κ1) is 36.0. The van der Waals surface area contributed by atoms with Crippen LogP contribution in [0.3, 0.4) is 0 Å². The largest absolute Gasteiger partial charge is 0.489 e. The average molecular weight is 686 g/mol. The maximum Gasteiger partial charge on any atom is 0.393 e. The van der Waals surface area contributed by atoms with Gasteiger partial charge in [0.05, 0.1) is 59.3 Å². The Kier molecular flexibility index (Phi) is 12.4. The van der Waals surface area contributed by atoms with Gasteiger partial charge in [0.1, 0.15) is 25.7 Å². The van der Waals surface area contributed by atoms with Crippen molar-refractivity contribution in [2.45, 2.75) is 37.3 Å². The van der Waals surface area contributed by atoms with Crippen LogP contribution in [0.2, 0.25) is 0 Å². The van der Waals surface area contributed by atoms with E-state index in [-0.39, 0.29) is 43.4 Å². The van der Waals surface area contributed by atoms with Gasteiger partial charge in [0.15, 0.2) is 0 Å². The predicted octanol–water partition coefficient (Wildman–Crippen LogP) is 4.92. The number of anilines is 2. The number of aliphatic hydroxyl groups excluding tert-OH is 2. The molecule has 0 radical (unpaired) electrons. The van der Waals surface area contributed by atoms with E-state index in [4.69, 9.17) is 9.47 Å². The topological polar surface area (TPSA) is 103 Å². The number of likely N-dealkylation sites (tertiary alicyclic amines) is 1. The third kappa shape index (κ3) is 9.83. The molecule has 1 aromatic heterocycles. The molecule has 1 aliphatic heterocycles. The lowest BCUT2D eigenvalue weighted by atomic mass is 10.0. The van der Waals surface area contributed by atoms with Crippen molar-refractivity contribution >= 4 is 45.2 Å². The van der Waals surface area contributed by atoms with Crippen molar-refractivity contribution in [1.29, 1.82) is 0 Å². The SMILES string of the molecule is COCC(O)CN1CCC(Nc2cccc3c(CC(F)(F)F)c(C#CCNc4ccc(P(C)(C)=O)cc4OCCO)sc23)C(F)C1. The Balaban J connectivity index is 1.54. The number of hydrogen-bond donors (Lipinski definition) is 4. The number of methoxy groups -OCH3 is 1. The van der Waals surface area contributed by atoms with Crippen LogP contribution in [0.1, 0.15) is 16.9 Å². The summed E-state index contributed by atoms with van der Waals surface area (Å²) in [6, 6.07) is 9.52. The van der Waals surface area contributed by atoms with E-state index < -0.39 is 38.1 Å². The molecule has 1 aliphatic rings. The molecule has 0 saturated carbocycles. The summed E-state index contributed by atoms with van der Waals surface area (Å²) in [4.78, 5) is 2.11. The number of halogens is 4. The summed E-state index contributed by atoms with van der Waals surface area (Å²) in [6.45, 7) is 4.29. The number of hydrogen-bond acceptors (Lipinski definition) is 9. The van der Waals surface area contributed by atoms with Gasteiger partial charge in [0, 0.05) is 32.0 Å². The Morgan fingerprint density at radius 1 is 1.22 bits per heavy atom. The van der Waals surface area contributed by atoms with Crippen LogP contribution in [-0.2, 0) is 15.7 Å². The highest BCUT2D eigenvalue weighted by molar-refractivity contribution is 7.70. The molecule has 3 atom stereocenters. The maximum atomic E-state index is 15.2. The van der Waals surface area contributed by atoms with E-state index in [1.54, 1.807) is 49.7 Å². The quantitative estimate of drug-likeness (QED) is 0.114. The fraction of sp³-hybridized carbons (Fsp3) is 0.500. The van der Waals surface area contributed by atoms with Gasteiger partial charge in [-0.3, -0.25) is 4.90 Å². The van der Waals surface area contributed by atoms with Crippen molar-refractivity contribution in [1.82, 2.24) is 4.90 Å². The lowest BCUT2D eigenvalue weighted by Crippen LogP contribution is -2.50. The van der Waals surface area contributed by atoms with E-state index in [0.717, 1.165) is 11.3 Å². The third-order valence-corrected chi connectivity index (χ3v) is 10.2. The van der Waals surface area contributed by atoms with Gasteiger partial charge in [-0.25, -0.2) is 4.39 Å². The summed E-state index contributed by atoms with van der Waals surface area (Å²) >= 11 is 1.13. The van der Waals surface area contributed by atoms with Crippen molar-refractivity contribution in [3.8, 4) is 17.6 Å². The Bertz CT molecular complexity index is 1590. The summed E-state index contributed by atoms with van der Waals surface area (Å²) in [5, 5.41) is 26.6. The fourth-order valence-corrected chi connectivity index (χ4v) is 7.36. The molecule has 0 amide bonds. The number of ether oxygens (including phenoxy) is 2. The number of benzene rings is 2. The lowest BCUT2D eigenvalue weighted by Gasteiger charge is -2.36. The van der Waals surface area contributed by atoms with E-state index in [0.29, 0.717) is 52.0 Å². The van der Waals surface area contributed by atoms with Gasteiger partial charge >= 0.3 is 6.18 Å². The van der Waals surface area contributed by atoms with Crippen LogP contribution in [0, 0.1) is 11.8 Å². The van der Waals surface area contributed by atoms with Crippen molar-refractivity contribution in [3.63, 3.8) is 0 Å². The highest BCUT2D eigenvalue weighted by Gasteiger charge is 2.33. The van der Waals surface area contributed by atoms with Gasteiger partial charge in [0.2, 0.25) is 0 Å². The van der Waals surface area contributed by atoms with Crippen molar-refractivity contribution < 1.29 is 41.8 Å². The Morgan fingerprint density at radius 3 is 2.67 bits per heavy atom. The molecule has 0 spiro atoms. The van der Waals surface area contributed by atoms with Gasteiger partial charge in [-0.1, -0.05) is 24.0 Å². The first-order valence-electron chi connectivity index (χ1n) is 14.9. The van der Waals surface area contributed by atoms with E-state index in [9.17, 15) is 27.9 Å². The number of nitrogens with one attached hydrogen (secondary N) is 2. The molecule has 14 heteroatoms. The van der Waals surface area contributed by atoms with Crippen LogP contribution in [0.5, 0.6) is 5.75 Å². The zero-order valence-electron chi connectivity index (χ0n) is 26.0. The number of rotatable bonds is 13. The van der Waals surface area contributed by atoms with Crippen LogP contribution in [0.15, 0.2) is 36.4 Å². The number of aliphatic hydroxyl groups is 2. The number of piperidine rings is 1. The second-order valence-electron chi connectivity index (χ2n) is 11.6. The molecule has 2 aromatic carbocycles. The monoisotopic (exact) mass is 685 g/mol. The summed E-state index contributed by atoms with van der Waals surface area (Å²) in [7, 11) is -1.08. The van der Waals surface area contributed by atoms with Gasteiger partial charge in [-0.05, 0) is 55.0 Å². The second kappa shape index (κ2) is 15.8. The number of fused-ring (bicyclic) bond motifs is 1. The van der Waals surface area contributed by atoms with E-state index >= 15 is 4.39 Å². The van der Waals surface area contributed by atoms with Gasteiger partial charge in [0.25, 0.3) is 0 Å². The molecule has 1 fully saturated rings. The highest BCUT2D eigenvalue weighted by atomic mass is 32.1. The molecule has 4 N–H and O–H groups in total. The minimum Gasteiger partial charge on any atom is -0.489 e. The Morgan fingerprint density at radius 2 is 2.00 bits per heavy atom. The molecule has 4 rings (SSSR count). The molecular formula is C32H40F4N3O5PS. The number of alkyl halides is 4. The molecule has 1 saturated heterocycles. The molecule has 3 unspecified atom stereocenters. The maximum absolute atomic E-state index is 15.2. The molecule has 0 bridgehead atoms. The van der Waals surface area contributed by atoms with Crippen molar-refractivity contribution in [2.75, 3.05) is 77.1 Å². The van der Waals surface area contributed by atoms with Gasteiger partial charge in [-0.2, -0.15) is 13.2 Å². The predicted molar refractivity (Wildman–Crippen MR) is 176 cm³/mol. The number of thiophene rings is 1. The van der Waals surface area contributed by atoms with Gasteiger partial charge in [-0.15, -0.1) is 11.3 Å². The summed E-state index contributed by atoms with van der Waals surface area (Å²) in [5.41, 5.74) is 1.16. The Labute approximate surface area is 270 Å². The van der Waals surface area contributed by atoms with Crippen LogP contribution in [-0.4, -0.2) is 106 Å². The van der Waals surface area contributed by atoms with Crippen LogP contribution >= 0.6 is 18.5 Å².